The van der Waals surface area contributed by atoms with Crippen LogP contribution in [0, 0.1) is 3.57 Å². The van der Waals surface area contributed by atoms with Gasteiger partial charge in [0.2, 0.25) is 5.28 Å². The summed E-state index contributed by atoms with van der Waals surface area (Å²) in [4.78, 5) is 30.7. The first kappa shape index (κ1) is 24.1. The zero-order valence-electron chi connectivity index (χ0n) is 19.2. The van der Waals surface area contributed by atoms with Crippen molar-refractivity contribution >= 4 is 50.8 Å². The zero-order chi connectivity index (χ0) is 25.1. The van der Waals surface area contributed by atoms with Gasteiger partial charge >= 0.3 is 6.01 Å². The van der Waals surface area contributed by atoms with Crippen LogP contribution in [0.4, 0.5) is 5.82 Å². The van der Waals surface area contributed by atoms with Crippen LogP contribution in [0.15, 0.2) is 78.0 Å². The van der Waals surface area contributed by atoms with Crippen LogP contribution in [0.2, 0.25) is 5.28 Å². The lowest BCUT2D eigenvalue weighted by atomic mass is 10.00. The molecule has 0 saturated carbocycles. The average molecular weight is 611 g/mol. The van der Waals surface area contributed by atoms with Gasteiger partial charge in [0.05, 0.1) is 16.1 Å². The van der Waals surface area contributed by atoms with Crippen LogP contribution in [0.5, 0.6) is 6.01 Å². The van der Waals surface area contributed by atoms with Crippen LogP contribution in [-0.2, 0) is 6.42 Å². The number of methoxy groups -OCH3 is 1. The molecular formula is C26H20ClIN6O2. The number of anilines is 1. The lowest BCUT2D eigenvalue weighted by Gasteiger charge is -2.17. The van der Waals surface area contributed by atoms with Crippen LogP contribution in [0.3, 0.4) is 0 Å². The maximum Gasteiger partial charge on any atom is 0.316 e. The van der Waals surface area contributed by atoms with Gasteiger partial charge in [-0.25, -0.2) is 15.0 Å². The summed E-state index contributed by atoms with van der Waals surface area (Å²) in [7, 11) is 1.52. The fourth-order valence-electron chi connectivity index (χ4n) is 4.04. The van der Waals surface area contributed by atoms with Gasteiger partial charge in [-0.2, -0.15) is 4.98 Å². The van der Waals surface area contributed by atoms with E-state index in [0.717, 1.165) is 31.5 Å². The number of ether oxygens (including phenoxy) is 1. The van der Waals surface area contributed by atoms with Crippen LogP contribution >= 0.6 is 34.2 Å². The minimum absolute atomic E-state index is 0.111. The Bertz CT molecular complexity index is 1590. The normalized spacial score (nSPS) is 11.0. The van der Waals surface area contributed by atoms with E-state index in [1.807, 2.05) is 48.5 Å². The molecule has 5 rings (SSSR count). The minimum atomic E-state index is -0.111. The number of para-hydroxylation sites is 1. The molecular weight excluding hydrogens is 591 g/mol. The van der Waals surface area contributed by atoms with Crippen molar-refractivity contribution in [1.29, 1.82) is 0 Å². The molecule has 180 valence electrons. The lowest BCUT2D eigenvalue weighted by molar-refractivity contribution is 0.380. The predicted molar refractivity (Wildman–Crippen MR) is 149 cm³/mol. The Kier molecular flexibility index (Phi) is 7.10. The summed E-state index contributed by atoms with van der Waals surface area (Å²) in [6.07, 6.45) is 5.57. The summed E-state index contributed by atoms with van der Waals surface area (Å²) < 4.78 is 7.71. The van der Waals surface area contributed by atoms with E-state index in [-0.39, 0.29) is 16.9 Å². The average Bonchev–Trinajstić information content (AvgIpc) is 2.91. The number of benzene rings is 2. The van der Waals surface area contributed by atoms with Crippen molar-refractivity contribution < 1.29 is 4.74 Å². The van der Waals surface area contributed by atoms with Gasteiger partial charge in [0.1, 0.15) is 5.82 Å². The number of halogens is 2. The van der Waals surface area contributed by atoms with Gasteiger partial charge in [-0.05, 0) is 63.3 Å². The zero-order valence-corrected chi connectivity index (χ0v) is 22.1. The Labute approximate surface area is 225 Å². The number of rotatable bonds is 7. The fourth-order valence-corrected chi connectivity index (χ4v) is 4.62. The largest absolute Gasteiger partial charge is 0.467 e. The molecule has 2 aromatic carbocycles. The summed E-state index contributed by atoms with van der Waals surface area (Å²) in [5.74, 6) is 0.659. The minimum Gasteiger partial charge on any atom is -0.467 e. The summed E-state index contributed by atoms with van der Waals surface area (Å²) in [6, 6.07) is 17.7. The highest BCUT2D eigenvalue weighted by Crippen LogP contribution is 2.28. The topological polar surface area (TPSA) is 94.8 Å². The number of hydrogen-bond donors (Lipinski definition) is 1. The van der Waals surface area contributed by atoms with E-state index in [4.69, 9.17) is 16.3 Å². The third kappa shape index (κ3) is 4.89. The molecule has 0 fully saturated rings. The van der Waals surface area contributed by atoms with E-state index in [2.05, 4.69) is 53.9 Å². The van der Waals surface area contributed by atoms with Crippen molar-refractivity contribution in [2.24, 2.45) is 0 Å². The summed E-state index contributed by atoms with van der Waals surface area (Å²) in [5, 5.41) is 4.93. The van der Waals surface area contributed by atoms with Crippen molar-refractivity contribution in [2.75, 3.05) is 19.0 Å². The SMILES string of the molecule is COc1ncc(-c2cccc3cc(CCNc4nc(Cl)ncc4I)n(-c4ccccc4)c(=O)c23)cn1. The second kappa shape index (κ2) is 10.6. The molecule has 0 amide bonds. The monoisotopic (exact) mass is 610 g/mol. The van der Waals surface area contributed by atoms with E-state index in [1.165, 1.54) is 7.11 Å². The first-order chi connectivity index (χ1) is 17.5. The molecule has 0 unspecified atom stereocenters. The van der Waals surface area contributed by atoms with E-state index >= 15 is 0 Å². The molecule has 0 aliphatic rings. The highest BCUT2D eigenvalue weighted by atomic mass is 127. The molecule has 5 aromatic rings. The first-order valence-electron chi connectivity index (χ1n) is 11.1. The summed E-state index contributed by atoms with van der Waals surface area (Å²) >= 11 is 8.12. The highest BCUT2D eigenvalue weighted by Gasteiger charge is 2.16. The van der Waals surface area contributed by atoms with Gasteiger partial charge < -0.3 is 10.1 Å². The first-order valence-corrected chi connectivity index (χ1v) is 12.5. The lowest BCUT2D eigenvalue weighted by Crippen LogP contribution is -2.24. The maximum absolute atomic E-state index is 14.0. The molecule has 0 spiro atoms. The quantitative estimate of drug-likeness (QED) is 0.201. The molecule has 36 heavy (non-hydrogen) atoms. The van der Waals surface area contributed by atoms with Crippen molar-refractivity contribution in [3.05, 3.63) is 98.1 Å². The number of aromatic nitrogens is 5. The van der Waals surface area contributed by atoms with Gasteiger partial charge in [0.15, 0.2) is 0 Å². The van der Waals surface area contributed by atoms with Crippen molar-refractivity contribution in [1.82, 2.24) is 24.5 Å². The summed E-state index contributed by atoms with van der Waals surface area (Å²) in [6.45, 7) is 0.549. The molecule has 1 N–H and O–H groups in total. The van der Waals surface area contributed by atoms with Gasteiger partial charge in [0.25, 0.3) is 5.56 Å². The van der Waals surface area contributed by atoms with Gasteiger partial charge in [0, 0.05) is 48.5 Å². The molecule has 0 aliphatic carbocycles. The highest BCUT2D eigenvalue weighted by molar-refractivity contribution is 14.1. The van der Waals surface area contributed by atoms with E-state index in [0.29, 0.717) is 24.2 Å². The number of pyridine rings is 1. The molecule has 3 aromatic heterocycles. The van der Waals surface area contributed by atoms with Crippen LogP contribution in [0.1, 0.15) is 5.69 Å². The fraction of sp³-hybridized carbons (Fsp3) is 0.115. The third-order valence-corrected chi connectivity index (χ3v) is 6.62. The number of nitrogens with zero attached hydrogens (tertiary/aromatic N) is 5. The standard InChI is InChI=1S/C26H20ClIN6O2/c1-36-26-31-13-17(14-32-26)20-9-5-6-16-12-19(10-11-29-23-21(28)15-30-25(27)33-23)34(24(35)22(16)20)18-7-3-2-4-8-18/h2-9,12-15H,10-11H2,1H3,(H,29,30,33). The number of nitrogens with one attached hydrogen (secondary N) is 1. The Hall–Kier alpha value is -3.57. The van der Waals surface area contributed by atoms with Gasteiger partial charge in [-0.1, -0.05) is 36.4 Å². The maximum atomic E-state index is 14.0. The molecule has 10 heteroatoms. The molecule has 0 atom stereocenters. The molecule has 8 nitrogen and oxygen atoms in total. The Morgan fingerprint density at radius 2 is 1.81 bits per heavy atom. The number of hydrogen-bond acceptors (Lipinski definition) is 7. The summed E-state index contributed by atoms with van der Waals surface area (Å²) in [5.41, 5.74) is 3.05. The molecule has 0 radical (unpaired) electrons. The second-order valence-corrected chi connectivity index (χ2v) is 9.35. The van der Waals surface area contributed by atoms with Crippen molar-refractivity contribution in [2.45, 2.75) is 6.42 Å². The molecule has 3 heterocycles. The van der Waals surface area contributed by atoms with Crippen molar-refractivity contribution in [3.8, 4) is 22.8 Å². The van der Waals surface area contributed by atoms with Gasteiger partial charge in [-0.15, -0.1) is 0 Å². The number of fused-ring (bicyclic) bond motifs is 1. The van der Waals surface area contributed by atoms with Crippen molar-refractivity contribution in [3.63, 3.8) is 0 Å². The predicted octanol–water partition coefficient (Wildman–Crippen LogP) is 5.16. The molecule has 0 saturated heterocycles. The molecule has 0 aliphatic heterocycles. The second-order valence-electron chi connectivity index (χ2n) is 7.85. The van der Waals surface area contributed by atoms with E-state index in [9.17, 15) is 4.79 Å². The van der Waals surface area contributed by atoms with E-state index < -0.39 is 0 Å². The molecule has 0 bridgehead atoms. The Morgan fingerprint density at radius 1 is 1.03 bits per heavy atom. The van der Waals surface area contributed by atoms with Gasteiger partial charge in [-0.3, -0.25) is 9.36 Å². The van der Waals surface area contributed by atoms with Crippen LogP contribution in [0.25, 0.3) is 27.6 Å². The Balaban J connectivity index is 1.60. The van der Waals surface area contributed by atoms with Crippen LogP contribution in [-0.4, -0.2) is 38.2 Å². The van der Waals surface area contributed by atoms with E-state index in [1.54, 1.807) is 23.2 Å². The third-order valence-electron chi connectivity index (χ3n) is 5.65. The smallest absolute Gasteiger partial charge is 0.316 e. The van der Waals surface area contributed by atoms with Crippen LogP contribution < -0.4 is 15.6 Å². The Morgan fingerprint density at radius 3 is 2.56 bits per heavy atom.